The Kier molecular flexibility index (Phi) is 4.23. The van der Waals surface area contributed by atoms with Gasteiger partial charge in [0.2, 0.25) is 0 Å². The van der Waals surface area contributed by atoms with E-state index < -0.39 is 0 Å². The molecule has 1 aromatic carbocycles. The number of ketones is 1. The predicted octanol–water partition coefficient (Wildman–Crippen LogP) is 2.96. The molecular formula is C17H18N2O3. The van der Waals surface area contributed by atoms with Gasteiger partial charge < -0.3 is 9.47 Å². The number of aryl methyl sites for hydroxylation is 1. The molecule has 22 heavy (non-hydrogen) atoms. The summed E-state index contributed by atoms with van der Waals surface area (Å²) >= 11 is 0. The number of carbonyl (C=O) groups excluding carboxylic acids is 1. The first kappa shape index (κ1) is 14.4. The van der Waals surface area contributed by atoms with Crippen LogP contribution in [0.25, 0.3) is 6.08 Å². The van der Waals surface area contributed by atoms with Crippen LogP contribution in [0.15, 0.2) is 36.7 Å². The topological polar surface area (TPSA) is 53.4 Å². The number of hydrogen-bond donors (Lipinski definition) is 0. The highest BCUT2D eigenvalue weighted by molar-refractivity contribution is 6.06. The summed E-state index contributed by atoms with van der Waals surface area (Å²) in [5.41, 5.74) is 1.42. The number of para-hydroxylation sites is 1. The molecule has 0 bridgehead atoms. The summed E-state index contributed by atoms with van der Waals surface area (Å²) in [7, 11) is 0. The summed E-state index contributed by atoms with van der Waals surface area (Å²) in [6, 6.07) is 5.69. The van der Waals surface area contributed by atoms with E-state index in [0.717, 1.165) is 24.3 Å². The van der Waals surface area contributed by atoms with E-state index in [1.165, 1.54) is 0 Å². The van der Waals surface area contributed by atoms with Gasteiger partial charge in [-0.1, -0.05) is 12.1 Å². The molecule has 1 aliphatic rings. The lowest BCUT2D eigenvalue weighted by molar-refractivity contribution is 0.104. The van der Waals surface area contributed by atoms with E-state index >= 15 is 0 Å². The van der Waals surface area contributed by atoms with Gasteiger partial charge >= 0.3 is 0 Å². The minimum Gasteiger partial charge on any atom is -0.490 e. The molecule has 2 aromatic rings. The third-order valence-corrected chi connectivity index (χ3v) is 3.46. The first-order valence-electron chi connectivity index (χ1n) is 7.41. The Morgan fingerprint density at radius 2 is 2.23 bits per heavy atom. The van der Waals surface area contributed by atoms with E-state index in [0.29, 0.717) is 24.5 Å². The maximum absolute atomic E-state index is 12.2. The van der Waals surface area contributed by atoms with Crippen molar-refractivity contribution in [2.24, 2.45) is 0 Å². The molecule has 0 unspecified atom stereocenters. The zero-order valence-electron chi connectivity index (χ0n) is 12.5. The van der Waals surface area contributed by atoms with Crippen LogP contribution in [0, 0.1) is 0 Å². The Morgan fingerprint density at radius 1 is 1.36 bits per heavy atom. The van der Waals surface area contributed by atoms with Crippen LogP contribution >= 0.6 is 0 Å². The molecule has 0 amide bonds. The van der Waals surface area contributed by atoms with E-state index in [2.05, 4.69) is 5.10 Å². The van der Waals surface area contributed by atoms with Crippen molar-refractivity contribution in [2.75, 3.05) is 13.2 Å². The van der Waals surface area contributed by atoms with Crippen LogP contribution in [0.5, 0.6) is 11.5 Å². The standard InChI is InChI=1S/C17H18N2O3/c1-2-19-12-14(11-18-19)15(20)8-7-13-5-3-6-16-17(13)22-10-4-9-21-16/h3,5-8,11-12H,2,4,9-10H2,1H3. The fourth-order valence-corrected chi connectivity index (χ4v) is 2.27. The van der Waals surface area contributed by atoms with E-state index in [9.17, 15) is 4.79 Å². The van der Waals surface area contributed by atoms with Gasteiger partial charge in [-0.15, -0.1) is 0 Å². The van der Waals surface area contributed by atoms with Crippen LogP contribution in [0.2, 0.25) is 0 Å². The van der Waals surface area contributed by atoms with Gasteiger partial charge in [0.1, 0.15) is 0 Å². The molecule has 0 saturated carbocycles. The van der Waals surface area contributed by atoms with Crippen LogP contribution in [0.3, 0.4) is 0 Å². The summed E-state index contributed by atoms with van der Waals surface area (Å²) < 4.78 is 13.1. The van der Waals surface area contributed by atoms with Crippen molar-refractivity contribution in [2.45, 2.75) is 19.9 Å². The molecule has 0 N–H and O–H groups in total. The third-order valence-electron chi connectivity index (χ3n) is 3.46. The lowest BCUT2D eigenvalue weighted by Crippen LogP contribution is -1.98. The highest BCUT2D eigenvalue weighted by Crippen LogP contribution is 2.33. The fourth-order valence-electron chi connectivity index (χ4n) is 2.27. The molecule has 5 nitrogen and oxygen atoms in total. The normalized spacial score (nSPS) is 14.0. The second kappa shape index (κ2) is 6.47. The number of fused-ring (bicyclic) bond motifs is 1. The number of ether oxygens (including phenoxy) is 2. The lowest BCUT2D eigenvalue weighted by Gasteiger charge is -2.09. The largest absolute Gasteiger partial charge is 0.490 e. The second-order valence-corrected chi connectivity index (χ2v) is 5.01. The molecule has 114 valence electrons. The van der Waals surface area contributed by atoms with Crippen LogP contribution in [-0.4, -0.2) is 28.8 Å². The number of nitrogens with zero attached hydrogens (tertiary/aromatic N) is 2. The molecular weight excluding hydrogens is 280 g/mol. The van der Waals surface area contributed by atoms with Crippen molar-refractivity contribution in [1.29, 1.82) is 0 Å². The molecule has 1 aromatic heterocycles. The fraction of sp³-hybridized carbons (Fsp3) is 0.294. The van der Waals surface area contributed by atoms with Gasteiger partial charge in [-0.25, -0.2) is 0 Å². The van der Waals surface area contributed by atoms with Gasteiger partial charge in [-0.3, -0.25) is 9.48 Å². The Labute approximate surface area is 129 Å². The quantitative estimate of drug-likeness (QED) is 0.643. The van der Waals surface area contributed by atoms with Gasteiger partial charge in [0.05, 0.1) is 25.0 Å². The van der Waals surface area contributed by atoms with Gasteiger partial charge in [0.25, 0.3) is 0 Å². The van der Waals surface area contributed by atoms with Crippen molar-refractivity contribution in [3.05, 3.63) is 47.8 Å². The van der Waals surface area contributed by atoms with Crippen molar-refractivity contribution in [3.8, 4) is 11.5 Å². The van der Waals surface area contributed by atoms with Crippen molar-refractivity contribution < 1.29 is 14.3 Å². The molecule has 0 spiro atoms. The lowest BCUT2D eigenvalue weighted by atomic mass is 10.1. The Morgan fingerprint density at radius 3 is 3.05 bits per heavy atom. The molecule has 0 fully saturated rings. The van der Waals surface area contributed by atoms with Crippen molar-refractivity contribution in [1.82, 2.24) is 9.78 Å². The molecule has 0 aliphatic carbocycles. The van der Waals surface area contributed by atoms with Crippen molar-refractivity contribution in [3.63, 3.8) is 0 Å². The molecule has 1 aliphatic heterocycles. The number of aromatic nitrogens is 2. The SMILES string of the molecule is CCn1cc(C(=O)C=Cc2cccc3c2OCCCO3)cn1. The third kappa shape index (κ3) is 3.03. The molecule has 2 heterocycles. The predicted molar refractivity (Wildman–Crippen MR) is 83.3 cm³/mol. The highest BCUT2D eigenvalue weighted by atomic mass is 16.5. The monoisotopic (exact) mass is 298 g/mol. The van der Waals surface area contributed by atoms with E-state index in [1.54, 1.807) is 29.2 Å². The van der Waals surface area contributed by atoms with E-state index in [4.69, 9.17) is 9.47 Å². The smallest absolute Gasteiger partial charge is 0.189 e. The van der Waals surface area contributed by atoms with Crippen LogP contribution in [-0.2, 0) is 6.54 Å². The zero-order valence-corrected chi connectivity index (χ0v) is 12.5. The minimum atomic E-state index is -0.0770. The average molecular weight is 298 g/mol. The molecule has 5 heteroatoms. The minimum absolute atomic E-state index is 0.0770. The maximum atomic E-state index is 12.2. The number of hydrogen-bond acceptors (Lipinski definition) is 4. The second-order valence-electron chi connectivity index (χ2n) is 5.01. The van der Waals surface area contributed by atoms with Gasteiger partial charge in [-0.2, -0.15) is 5.10 Å². The van der Waals surface area contributed by atoms with Crippen LogP contribution in [0.4, 0.5) is 0 Å². The Bertz CT molecular complexity index is 704. The summed E-state index contributed by atoms with van der Waals surface area (Å²) in [6.45, 7) is 3.99. The van der Waals surface area contributed by atoms with Gasteiger partial charge in [0.15, 0.2) is 17.3 Å². The van der Waals surface area contributed by atoms with Gasteiger partial charge in [-0.05, 0) is 25.1 Å². The molecule has 0 atom stereocenters. The molecule has 0 saturated heterocycles. The van der Waals surface area contributed by atoms with Crippen molar-refractivity contribution >= 4 is 11.9 Å². The summed E-state index contributed by atoms with van der Waals surface area (Å²) in [5.74, 6) is 1.35. The van der Waals surface area contributed by atoms with Crippen LogP contribution in [0.1, 0.15) is 29.3 Å². The number of rotatable bonds is 4. The number of carbonyl (C=O) groups is 1. The molecule has 0 radical (unpaired) electrons. The summed E-state index contributed by atoms with van der Waals surface area (Å²) in [6.07, 6.45) is 7.49. The van der Waals surface area contributed by atoms with E-state index in [1.807, 2.05) is 25.1 Å². The Balaban J connectivity index is 1.82. The summed E-state index contributed by atoms with van der Waals surface area (Å²) in [5, 5.41) is 4.11. The summed E-state index contributed by atoms with van der Waals surface area (Å²) in [4.78, 5) is 12.2. The maximum Gasteiger partial charge on any atom is 0.189 e. The highest BCUT2D eigenvalue weighted by Gasteiger charge is 2.13. The average Bonchev–Trinajstić information content (AvgIpc) is 2.90. The van der Waals surface area contributed by atoms with E-state index in [-0.39, 0.29) is 5.78 Å². The van der Waals surface area contributed by atoms with Gasteiger partial charge in [0, 0.05) is 24.7 Å². The molecule has 3 rings (SSSR count). The van der Waals surface area contributed by atoms with Crippen LogP contribution < -0.4 is 9.47 Å². The zero-order chi connectivity index (χ0) is 15.4. The number of allylic oxidation sites excluding steroid dienone is 1. The number of benzene rings is 1. The Hall–Kier alpha value is -2.56. The first-order valence-corrected chi connectivity index (χ1v) is 7.41. The first-order chi connectivity index (χ1) is 10.8.